The van der Waals surface area contributed by atoms with E-state index in [1.807, 2.05) is 9.80 Å². The number of hydrogen-bond acceptors (Lipinski definition) is 4. The zero-order valence-corrected chi connectivity index (χ0v) is 15.5. The van der Waals surface area contributed by atoms with Crippen molar-refractivity contribution in [2.45, 2.75) is 44.8 Å². The molecule has 2 amide bonds. The highest BCUT2D eigenvalue weighted by atomic mass is 16.5. The van der Waals surface area contributed by atoms with Crippen molar-refractivity contribution in [3.8, 4) is 0 Å². The second kappa shape index (κ2) is 7.58. The quantitative estimate of drug-likeness (QED) is 0.784. The molecule has 3 aliphatic rings. The molecule has 1 spiro atoms. The highest BCUT2D eigenvalue weighted by Gasteiger charge is 2.45. The van der Waals surface area contributed by atoms with Gasteiger partial charge in [0.25, 0.3) is 0 Å². The van der Waals surface area contributed by atoms with Crippen molar-refractivity contribution in [3.05, 3.63) is 0 Å². The third kappa shape index (κ3) is 4.03. The molecule has 0 aliphatic carbocycles. The number of urea groups is 1. The number of likely N-dealkylation sites (tertiary alicyclic amines) is 1. The average Bonchev–Trinajstić information content (AvgIpc) is 3.15. The van der Waals surface area contributed by atoms with Crippen LogP contribution in [0.4, 0.5) is 4.79 Å². The van der Waals surface area contributed by atoms with E-state index < -0.39 is 0 Å². The third-order valence-electron chi connectivity index (χ3n) is 5.71. The van der Waals surface area contributed by atoms with Crippen molar-refractivity contribution in [1.82, 2.24) is 14.7 Å². The van der Waals surface area contributed by atoms with Crippen LogP contribution in [0.15, 0.2) is 0 Å². The largest absolute Gasteiger partial charge is 0.377 e. The Balaban J connectivity index is 1.61. The molecular weight excluding hydrogens is 306 g/mol. The molecule has 0 bridgehead atoms. The van der Waals surface area contributed by atoms with Gasteiger partial charge < -0.3 is 24.2 Å². The zero-order valence-electron chi connectivity index (χ0n) is 15.5. The summed E-state index contributed by atoms with van der Waals surface area (Å²) in [7, 11) is 2.17. The Morgan fingerprint density at radius 3 is 2.71 bits per heavy atom. The Bertz CT molecular complexity index is 439. The maximum Gasteiger partial charge on any atom is 0.320 e. The highest BCUT2D eigenvalue weighted by Crippen LogP contribution is 2.33. The lowest BCUT2D eigenvalue weighted by atomic mass is 9.93. The lowest BCUT2D eigenvalue weighted by Gasteiger charge is -2.33. The Kier molecular flexibility index (Phi) is 5.67. The summed E-state index contributed by atoms with van der Waals surface area (Å²) < 4.78 is 12.1. The van der Waals surface area contributed by atoms with Gasteiger partial charge in [0.15, 0.2) is 0 Å². The molecule has 0 aromatic heterocycles. The Labute approximate surface area is 146 Å². The summed E-state index contributed by atoms with van der Waals surface area (Å²) in [6, 6.07) is 0.712. The zero-order chi connectivity index (χ0) is 17.2. The first-order chi connectivity index (χ1) is 11.5. The van der Waals surface area contributed by atoms with Crippen molar-refractivity contribution >= 4 is 6.03 Å². The maximum atomic E-state index is 12.8. The van der Waals surface area contributed by atoms with E-state index in [4.69, 9.17) is 9.47 Å². The Morgan fingerprint density at radius 2 is 2.00 bits per heavy atom. The van der Waals surface area contributed by atoms with Crippen LogP contribution in [0, 0.1) is 5.92 Å². The minimum absolute atomic E-state index is 0.170. The fourth-order valence-corrected chi connectivity index (χ4v) is 4.06. The minimum Gasteiger partial charge on any atom is -0.377 e. The number of hydrogen-bond donors (Lipinski definition) is 0. The standard InChI is InChI=1S/C18H33N3O3/c1-15(2)19(3)11-16-10-18(24-12-16)13-21(8-9-23-14-18)17(22)20-6-4-5-7-20/h15-16H,4-14H2,1-3H3. The molecule has 2 atom stereocenters. The molecule has 0 N–H and O–H groups in total. The van der Waals surface area contributed by atoms with Crippen molar-refractivity contribution in [1.29, 1.82) is 0 Å². The average molecular weight is 339 g/mol. The van der Waals surface area contributed by atoms with Gasteiger partial charge in [-0.05, 0) is 46.1 Å². The molecule has 6 nitrogen and oxygen atoms in total. The van der Waals surface area contributed by atoms with E-state index in [9.17, 15) is 4.79 Å². The van der Waals surface area contributed by atoms with Gasteiger partial charge >= 0.3 is 6.03 Å². The lowest BCUT2D eigenvalue weighted by Crippen LogP contribution is -2.50. The normalized spacial score (nSPS) is 31.5. The molecule has 0 aromatic carbocycles. The van der Waals surface area contributed by atoms with Gasteiger partial charge in [0.05, 0.1) is 26.4 Å². The van der Waals surface area contributed by atoms with Gasteiger partial charge in [-0.3, -0.25) is 0 Å². The molecule has 0 saturated carbocycles. The summed E-state index contributed by atoms with van der Waals surface area (Å²) in [4.78, 5) is 19.1. The second-order valence-corrected chi connectivity index (χ2v) is 8.05. The van der Waals surface area contributed by atoms with Crippen LogP contribution in [0.25, 0.3) is 0 Å². The van der Waals surface area contributed by atoms with Crippen LogP contribution in [0.3, 0.4) is 0 Å². The number of nitrogens with zero attached hydrogens (tertiary/aromatic N) is 3. The lowest BCUT2D eigenvalue weighted by molar-refractivity contribution is -0.0537. The van der Waals surface area contributed by atoms with E-state index in [0.29, 0.717) is 38.3 Å². The molecule has 3 fully saturated rings. The van der Waals surface area contributed by atoms with Crippen LogP contribution in [0.2, 0.25) is 0 Å². The number of carbonyl (C=O) groups excluding carboxylic acids is 1. The topological polar surface area (TPSA) is 45.3 Å². The fourth-order valence-electron chi connectivity index (χ4n) is 4.06. The van der Waals surface area contributed by atoms with Crippen LogP contribution >= 0.6 is 0 Å². The number of amides is 2. The van der Waals surface area contributed by atoms with Crippen LogP contribution in [0.5, 0.6) is 0 Å². The van der Waals surface area contributed by atoms with Gasteiger partial charge in [-0.25, -0.2) is 4.79 Å². The predicted octanol–water partition coefficient (Wildman–Crippen LogP) is 1.65. The summed E-state index contributed by atoms with van der Waals surface area (Å²) in [6.45, 7) is 10.6. The highest BCUT2D eigenvalue weighted by molar-refractivity contribution is 5.74. The van der Waals surface area contributed by atoms with Crippen LogP contribution < -0.4 is 0 Å². The second-order valence-electron chi connectivity index (χ2n) is 8.05. The van der Waals surface area contributed by atoms with E-state index in [1.165, 1.54) is 0 Å². The maximum absolute atomic E-state index is 12.8. The molecule has 2 unspecified atom stereocenters. The van der Waals surface area contributed by atoms with E-state index >= 15 is 0 Å². The molecule has 0 aromatic rings. The van der Waals surface area contributed by atoms with Gasteiger partial charge in [-0.1, -0.05) is 0 Å². The Hall–Kier alpha value is -0.850. The summed E-state index contributed by atoms with van der Waals surface area (Å²) >= 11 is 0. The Morgan fingerprint density at radius 1 is 1.25 bits per heavy atom. The van der Waals surface area contributed by atoms with Crippen LogP contribution in [-0.4, -0.2) is 92.0 Å². The van der Waals surface area contributed by atoms with Crippen LogP contribution in [-0.2, 0) is 9.47 Å². The SMILES string of the molecule is CC(C)N(C)CC1COC2(COCCN(C(=O)N3CCCC3)C2)C1. The fraction of sp³-hybridized carbons (Fsp3) is 0.944. The molecule has 3 rings (SSSR count). The van der Waals surface area contributed by atoms with Gasteiger partial charge in [-0.15, -0.1) is 0 Å². The van der Waals surface area contributed by atoms with Gasteiger partial charge in [0, 0.05) is 32.2 Å². The van der Waals surface area contributed by atoms with Crippen LogP contribution in [0.1, 0.15) is 33.1 Å². The molecule has 3 aliphatic heterocycles. The van der Waals surface area contributed by atoms with E-state index in [-0.39, 0.29) is 11.6 Å². The predicted molar refractivity (Wildman–Crippen MR) is 93.2 cm³/mol. The van der Waals surface area contributed by atoms with E-state index in [1.54, 1.807) is 0 Å². The molecule has 0 radical (unpaired) electrons. The van der Waals surface area contributed by atoms with Gasteiger partial charge in [0.2, 0.25) is 0 Å². The van der Waals surface area contributed by atoms with E-state index in [0.717, 1.165) is 45.5 Å². The molecule has 3 saturated heterocycles. The molecule has 138 valence electrons. The van der Waals surface area contributed by atoms with E-state index in [2.05, 4.69) is 25.8 Å². The van der Waals surface area contributed by atoms with Crippen molar-refractivity contribution in [3.63, 3.8) is 0 Å². The van der Waals surface area contributed by atoms with Crippen molar-refractivity contribution < 1.29 is 14.3 Å². The van der Waals surface area contributed by atoms with Crippen molar-refractivity contribution in [2.75, 3.05) is 59.6 Å². The summed E-state index contributed by atoms with van der Waals surface area (Å²) in [5, 5.41) is 0. The minimum atomic E-state index is -0.311. The smallest absolute Gasteiger partial charge is 0.320 e. The summed E-state index contributed by atoms with van der Waals surface area (Å²) in [5.74, 6) is 0.517. The van der Waals surface area contributed by atoms with Crippen molar-refractivity contribution in [2.24, 2.45) is 5.92 Å². The first-order valence-electron chi connectivity index (χ1n) is 9.45. The summed E-state index contributed by atoms with van der Waals surface area (Å²) in [6.07, 6.45) is 3.23. The number of rotatable bonds is 3. The first-order valence-corrected chi connectivity index (χ1v) is 9.45. The first kappa shape index (κ1) is 18.0. The monoisotopic (exact) mass is 339 g/mol. The number of carbonyl (C=O) groups is 1. The number of ether oxygens (including phenoxy) is 2. The molecule has 3 heterocycles. The van der Waals surface area contributed by atoms with Gasteiger partial charge in [0.1, 0.15) is 5.60 Å². The summed E-state index contributed by atoms with van der Waals surface area (Å²) in [5.41, 5.74) is -0.311. The van der Waals surface area contributed by atoms with Gasteiger partial charge in [-0.2, -0.15) is 0 Å². The molecule has 6 heteroatoms. The molecule has 24 heavy (non-hydrogen) atoms. The third-order valence-corrected chi connectivity index (χ3v) is 5.71. The molecular formula is C18H33N3O3.